The van der Waals surface area contributed by atoms with Crippen LogP contribution >= 0.6 is 0 Å². The summed E-state index contributed by atoms with van der Waals surface area (Å²) in [6.07, 6.45) is 4.53. The molecule has 0 spiro atoms. The number of nitrogens with zero attached hydrogens (tertiary/aromatic N) is 3. The second kappa shape index (κ2) is 7.50. The van der Waals surface area contributed by atoms with Crippen LogP contribution in [0.1, 0.15) is 5.69 Å². The smallest absolute Gasteiger partial charge is 0.208 e. The molecule has 0 fully saturated rings. The van der Waals surface area contributed by atoms with E-state index in [4.69, 9.17) is 10.00 Å². The number of ether oxygens (including phenoxy) is 1. The van der Waals surface area contributed by atoms with Gasteiger partial charge in [0.1, 0.15) is 29.8 Å². The summed E-state index contributed by atoms with van der Waals surface area (Å²) in [6, 6.07) is 13.3. The third kappa shape index (κ3) is 4.18. The summed E-state index contributed by atoms with van der Waals surface area (Å²) < 4.78 is 30.0. The van der Waals surface area contributed by atoms with Crippen molar-refractivity contribution in [2.75, 3.05) is 19.4 Å². The first-order chi connectivity index (χ1) is 13.9. The van der Waals surface area contributed by atoms with Crippen molar-refractivity contribution in [3.05, 3.63) is 54.5 Å². The highest BCUT2D eigenvalue weighted by molar-refractivity contribution is 7.88. The molecule has 29 heavy (non-hydrogen) atoms. The number of nitrogens with one attached hydrogen (secondary N) is 2. The van der Waals surface area contributed by atoms with E-state index in [1.54, 1.807) is 18.5 Å². The van der Waals surface area contributed by atoms with Crippen molar-refractivity contribution in [1.82, 2.24) is 19.7 Å². The Labute approximate surface area is 167 Å². The molecule has 1 aromatic carbocycles. The number of aromatic nitrogens is 3. The number of sulfonamides is 1. The molecule has 0 unspecified atom stereocenters. The first-order valence-electron chi connectivity index (χ1n) is 8.78. The molecule has 9 heteroatoms. The highest BCUT2D eigenvalue weighted by Gasteiger charge is 2.09. The van der Waals surface area contributed by atoms with Crippen LogP contribution in [0.3, 0.4) is 0 Å². The normalized spacial score (nSPS) is 11.6. The van der Waals surface area contributed by atoms with Gasteiger partial charge in [0.2, 0.25) is 10.0 Å². The van der Waals surface area contributed by atoms with E-state index in [-0.39, 0.29) is 13.2 Å². The van der Waals surface area contributed by atoms with Gasteiger partial charge >= 0.3 is 0 Å². The summed E-state index contributed by atoms with van der Waals surface area (Å²) in [5, 5.41) is 10.9. The highest BCUT2D eigenvalue weighted by Crippen LogP contribution is 2.29. The molecule has 2 N–H and O–H groups in total. The van der Waals surface area contributed by atoms with Crippen LogP contribution in [-0.2, 0) is 10.0 Å². The minimum atomic E-state index is -3.22. The Kier molecular flexibility index (Phi) is 4.88. The lowest BCUT2D eigenvalue weighted by atomic mass is 10.1. The molecule has 3 heterocycles. The molecular weight excluding hydrogens is 390 g/mol. The maximum atomic E-state index is 11.0. The zero-order chi connectivity index (χ0) is 20.4. The quantitative estimate of drug-likeness (QED) is 0.474. The molecule has 146 valence electrons. The van der Waals surface area contributed by atoms with E-state index in [1.165, 1.54) is 0 Å². The summed E-state index contributed by atoms with van der Waals surface area (Å²) in [6.45, 7) is 0.450. The third-order valence-electron chi connectivity index (χ3n) is 4.37. The molecular formula is C20H17N5O3S. The number of aromatic amines is 1. The van der Waals surface area contributed by atoms with Crippen LogP contribution in [0.25, 0.3) is 33.1 Å². The number of nitriles is 1. The summed E-state index contributed by atoms with van der Waals surface area (Å²) >= 11 is 0. The second-order valence-electron chi connectivity index (χ2n) is 6.51. The first kappa shape index (κ1) is 18.9. The molecule has 3 aromatic heterocycles. The average Bonchev–Trinajstić information content (AvgIpc) is 3.08. The summed E-state index contributed by atoms with van der Waals surface area (Å²) in [5.74, 6) is 0.648. The SMILES string of the molecule is CS(=O)(=O)NCCOc1ccc(-c2cnc3[nH]c4cnc(C#N)cc4c3c2)cc1. The van der Waals surface area contributed by atoms with E-state index in [1.807, 2.05) is 30.3 Å². The van der Waals surface area contributed by atoms with Gasteiger partial charge in [-0.15, -0.1) is 0 Å². The van der Waals surface area contributed by atoms with Gasteiger partial charge in [-0.05, 0) is 29.8 Å². The number of fused-ring (bicyclic) bond motifs is 3. The lowest BCUT2D eigenvalue weighted by Crippen LogP contribution is -2.26. The van der Waals surface area contributed by atoms with Gasteiger partial charge < -0.3 is 9.72 Å². The Morgan fingerprint density at radius 3 is 2.62 bits per heavy atom. The van der Waals surface area contributed by atoms with Gasteiger partial charge in [0.25, 0.3) is 0 Å². The number of H-pyrrole nitrogens is 1. The molecule has 0 radical (unpaired) electrons. The van der Waals surface area contributed by atoms with Crippen molar-refractivity contribution < 1.29 is 13.2 Å². The predicted molar refractivity (Wildman–Crippen MR) is 110 cm³/mol. The maximum absolute atomic E-state index is 11.0. The van der Waals surface area contributed by atoms with Crippen molar-refractivity contribution in [3.63, 3.8) is 0 Å². The molecule has 0 saturated heterocycles. The van der Waals surface area contributed by atoms with E-state index in [9.17, 15) is 8.42 Å². The molecule has 4 aromatic rings. The molecule has 4 rings (SSSR count). The fourth-order valence-electron chi connectivity index (χ4n) is 3.03. The average molecular weight is 407 g/mol. The fraction of sp³-hybridized carbons (Fsp3) is 0.150. The summed E-state index contributed by atoms with van der Waals surface area (Å²) in [5.41, 5.74) is 3.81. The number of hydrogen-bond donors (Lipinski definition) is 2. The van der Waals surface area contributed by atoms with Crippen molar-refractivity contribution in [2.45, 2.75) is 0 Å². The van der Waals surface area contributed by atoms with Crippen LogP contribution in [0.15, 0.2) is 48.8 Å². The van der Waals surface area contributed by atoms with Crippen LogP contribution in [0, 0.1) is 11.3 Å². The van der Waals surface area contributed by atoms with E-state index >= 15 is 0 Å². The van der Waals surface area contributed by atoms with Crippen molar-refractivity contribution in [3.8, 4) is 22.9 Å². The van der Waals surface area contributed by atoms with Crippen LogP contribution in [0.4, 0.5) is 0 Å². The van der Waals surface area contributed by atoms with Crippen LogP contribution in [0.5, 0.6) is 5.75 Å². The van der Waals surface area contributed by atoms with E-state index < -0.39 is 10.0 Å². The van der Waals surface area contributed by atoms with Crippen molar-refractivity contribution >= 4 is 32.0 Å². The zero-order valence-electron chi connectivity index (χ0n) is 15.5. The minimum Gasteiger partial charge on any atom is -0.492 e. The largest absolute Gasteiger partial charge is 0.492 e. The van der Waals surface area contributed by atoms with Gasteiger partial charge in [0.05, 0.1) is 18.0 Å². The Balaban J connectivity index is 1.56. The van der Waals surface area contributed by atoms with Gasteiger partial charge in [-0.3, -0.25) is 0 Å². The number of pyridine rings is 2. The molecule has 0 amide bonds. The van der Waals surface area contributed by atoms with E-state index in [2.05, 4.69) is 25.7 Å². The lowest BCUT2D eigenvalue weighted by molar-refractivity contribution is 0.323. The Morgan fingerprint density at radius 1 is 1.10 bits per heavy atom. The molecule has 0 aliphatic rings. The Morgan fingerprint density at radius 2 is 1.90 bits per heavy atom. The monoisotopic (exact) mass is 407 g/mol. The van der Waals surface area contributed by atoms with E-state index in [0.29, 0.717) is 11.4 Å². The lowest BCUT2D eigenvalue weighted by Gasteiger charge is -2.08. The molecule has 0 aliphatic heterocycles. The minimum absolute atomic E-state index is 0.210. The Bertz CT molecular complexity index is 1340. The molecule has 8 nitrogen and oxygen atoms in total. The van der Waals surface area contributed by atoms with E-state index in [0.717, 1.165) is 39.3 Å². The first-order valence-corrected chi connectivity index (χ1v) is 10.7. The topological polar surface area (TPSA) is 121 Å². The third-order valence-corrected chi connectivity index (χ3v) is 5.10. The highest BCUT2D eigenvalue weighted by atomic mass is 32.2. The Hall–Kier alpha value is -3.48. The van der Waals surface area contributed by atoms with Crippen LogP contribution < -0.4 is 9.46 Å². The van der Waals surface area contributed by atoms with Crippen LogP contribution in [0.2, 0.25) is 0 Å². The molecule has 0 atom stereocenters. The number of benzene rings is 1. The summed E-state index contributed by atoms with van der Waals surface area (Å²) in [4.78, 5) is 11.8. The van der Waals surface area contributed by atoms with Crippen LogP contribution in [-0.4, -0.2) is 42.8 Å². The van der Waals surface area contributed by atoms with Gasteiger partial charge in [-0.1, -0.05) is 12.1 Å². The molecule has 0 aliphatic carbocycles. The standard InChI is InChI=1S/C20H17N5O3S/c1-29(26,27)24-6-7-28-16-4-2-13(3-5-16)14-8-18-17-9-15(10-21)22-12-19(17)25-20(18)23-11-14/h2-5,8-9,11-12,24H,6-7H2,1H3,(H,23,25). The number of hydrogen-bond acceptors (Lipinski definition) is 6. The maximum Gasteiger partial charge on any atom is 0.208 e. The predicted octanol–water partition coefficient (Wildman–Crippen LogP) is 2.58. The van der Waals surface area contributed by atoms with Gasteiger partial charge in [0, 0.05) is 29.1 Å². The second-order valence-corrected chi connectivity index (χ2v) is 8.34. The molecule has 0 bridgehead atoms. The zero-order valence-corrected chi connectivity index (χ0v) is 16.3. The van der Waals surface area contributed by atoms with Gasteiger partial charge in [-0.2, -0.15) is 5.26 Å². The van der Waals surface area contributed by atoms with Gasteiger partial charge in [0.15, 0.2) is 0 Å². The van der Waals surface area contributed by atoms with Gasteiger partial charge in [-0.25, -0.2) is 23.1 Å². The number of rotatable bonds is 6. The fourth-order valence-corrected chi connectivity index (χ4v) is 3.49. The summed E-state index contributed by atoms with van der Waals surface area (Å²) in [7, 11) is -3.22. The van der Waals surface area contributed by atoms with Crippen molar-refractivity contribution in [1.29, 1.82) is 5.26 Å². The molecule has 0 saturated carbocycles. The van der Waals surface area contributed by atoms with Crippen molar-refractivity contribution in [2.24, 2.45) is 0 Å².